The Morgan fingerprint density at radius 3 is 2.35 bits per heavy atom. The van der Waals surface area contributed by atoms with Gasteiger partial charge in [0, 0.05) is 12.1 Å². The normalized spacial score (nSPS) is 11.3. The van der Waals surface area contributed by atoms with Gasteiger partial charge in [-0.25, -0.2) is 0 Å². The van der Waals surface area contributed by atoms with Crippen molar-refractivity contribution in [1.82, 2.24) is 4.90 Å². The Morgan fingerprint density at radius 1 is 1.12 bits per heavy atom. The maximum Gasteiger partial charge on any atom is 0.249 e. The molecule has 0 bridgehead atoms. The molecule has 17 heavy (non-hydrogen) atoms. The van der Waals surface area contributed by atoms with Crippen molar-refractivity contribution in [3.8, 4) is 0 Å². The van der Waals surface area contributed by atoms with Gasteiger partial charge in [0.05, 0.1) is 5.69 Å². The second kappa shape index (κ2) is 6.55. The number of hydrogen-bond donors (Lipinski definition) is 1. The maximum absolute atomic E-state index is 11.2. The van der Waals surface area contributed by atoms with Gasteiger partial charge in [-0.2, -0.15) is 0 Å². The van der Waals surface area contributed by atoms with Gasteiger partial charge in [-0.15, -0.1) is 0 Å². The summed E-state index contributed by atoms with van der Waals surface area (Å²) >= 11 is 0. The van der Waals surface area contributed by atoms with Crippen LogP contribution in [0.15, 0.2) is 9.59 Å². The molecule has 0 amide bonds. The third-order valence-electron chi connectivity index (χ3n) is 3.09. The van der Waals surface area contributed by atoms with Gasteiger partial charge in [-0.05, 0) is 39.4 Å². The molecule has 0 aromatic heterocycles. The third-order valence-corrected chi connectivity index (χ3v) is 3.09. The molecule has 96 valence electrons. The van der Waals surface area contributed by atoms with Gasteiger partial charge in [0.1, 0.15) is 0 Å². The van der Waals surface area contributed by atoms with Crippen molar-refractivity contribution >= 4 is 5.69 Å². The summed E-state index contributed by atoms with van der Waals surface area (Å²) in [5.41, 5.74) is 0.404. The molecule has 1 aromatic rings. The van der Waals surface area contributed by atoms with E-state index in [1.54, 1.807) is 6.92 Å². The minimum atomic E-state index is -0.358. The fraction of sp³-hybridized carbons (Fsp3) is 0.692. The van der Waals surface area contributed by atoms with Crippen LogP contribution in [0.4, 0.5) is 5.69 Å². The molecular weight excluding hydrogens is 216 g/mol. The molecule has 0 aliphatic rings. The molecule has 0 atom stereocenters. The van der Waals surface area contributed by atoms with Crippen LogP contribution < -0.4 is 16.2 Å². The van der Waals surface area contributed by atoms with Crippen LogP contribution >= 0.6 is 0 Å². The molecule has 1 N–H and O–H groups in total. The van der Waals surface area contributed by atoms with Gasteiger partial charge in [0.2, 0.25) is 10.9 Å². The zero-order valence-electron chi connectivity index (χ0n) is 11.0. The third kappa shape index (κ3) is 3.40. The number of hydrogen-bond acceptors (Lipinski definition) is 4. The summed E-state index contributed by atoms with van der Waals surface area (Å²) in [5.74, 6) is 0. The molecule has 0 heterocycles. The highest BCUT2D eigenvalue weighted by Crippen LogP contribution is 2.05. The molecule has 0 aliphatic heterocycles. The van der Waals surface area contributed by atoms with Gasteiger partial charge >= 0.3 is 0 Å². The highest BCUT2D eigenvalue weighted by molar-refractivity contribution is 5.55. The van der Waals surface area contributed by atoms with Crippen LogP contribution in [0.3, 0.4) is 0 Å². The van der Waals surface area contributed by atoms with E-state index in [9.17, 15) is 9.59 Å². The Kier molecular flexibility index (Phi) is 5.35. The summed E-state index contributed by atoms with van der Waals surface area (Å²) in [6.45, 7) is 10.00. The van der Waals surface area contributed by atoms with Gasteiger partial charge in [0.15, 0.2) is 0 Å². The van der Waals surface area contributed by atoms with E-state index in [1.807, 2.05) is 0 Å². The van der Waals surface area contributed by atoms with Crippen LogP contribution in [0, 0.1) is 6.92 Å². The largest absolute Gasteiger partial charge is 0.381 e. The van der Waals surface area contributed by atoms with E-state index in [4.69, 9.17) is 0 Å². The SMILES string of the molecule is CCCN(CC)CCCNc1c(C)c(=O)c1=O. The number of anilines is 1. The average Bonchev–Trinajstić information content (AvgIpc) is 2.36. The van der Waals surface area contributed by atoms with Crippen molar-refractivity contribution in [2.45, 2.75) is 33.6 Å². The Bertz CT molecular complexity index is 419. The molecule has 0 fully saturated rings. The van der Waals surface area contributed by atoms with Crippen molar-refractivity contribution in [1.29, 1.82) is 0 Å². The summed E-state index contributed by atoms with van der Waals surface area (Å²) in [4.78, 5) is 24.6. The lowest BCUT2D eigenvalue weighted by Gasteiger charge is -2.19. The Labute approximate surface area is 102 Å². The first-order valence-corrected chi connectivity index (χ1v) is 6.37. The summed E-state index contributed by atoms with van der Waals surface area (Å²) in [7, 11) is 0. The highest BCUT2D eigenvalue weighted by atomic mass is 16.2. The second-order valence-corrected chi connectivity index (χ2v) is 4.37. The van der Waals surface area contributed by atoms with Crippen LogP contribution in [0.1, 0.15) is 32.3 Å². The summed E-state index contributed by atoms with van der Waals surface area (Å²) < 4.78 is 0. The van der Waals surface area contributed by atoms with Crippen molar-refractivity contribution in [3.63, 3.8) is 0 Å². The lowest BCUT2D eigenvalue weighted by atomic mass is 10.1. The minimum Gasteiger partial charge on any atom is -0.381 e. The zero-order valence-corrected chi connectivity index (χ0v) is 11.0. The van der Waals surface area contributed by atoms with E-state index in [-0.39, 0.29) is 10.9 Å². The standard InChI is InChI=1S/C13H22N2O2/c1-4-8-15(5-2)9-6-7-14-11-10(3)12(16)13(11)17/h14H,4-9H2,1-3H3. The molecule has 0 saturated heterocycles. The lowest BCUT2D eigenvalue weighted by Crippen LogP contribution is -2.37. The van der Waals surface area contributed by atoms with Crippen molar-refractivity contribution < 1.29 is 0 Å². The second-order valence-electron chi connectivity index (χ2n) is 4.37. The van der Waals surface area contributed by atoms with Gasteiger partial charge in [-0.3, -0.25) is 9.59 Å². The Morgan fingerprint density at radius 2 is 1.82 bits per heavy atom. The summed E-state index contributed by atoms with van der Waals surface area (Å²) in [5, 5.41) is 3.05. The van der Waals surface area contributed by atoms with Crippen molar-refractivity contribution in [2.24, 2.45) is 0 Å². The predicted octanol–water partition coefficient (Wildman–Crippen LogP) is 1.12. The Hall–Kier alpha value is -1.16. The van der Waals surface area contributed by atoms with Crippen LogP contribution in [0.5, 0.6) is 0 Å². The van der Waals surface area contributed by atoms with Gasteiger partial charge in [0.25, 0.3) is 0 Å². The van der Waals surface area contributed by atoms with Crippen molar-refractivity contribution in [2.75, 3.05) is 31.5 Å². The smallest absolute Gasteiger partial charge is 0.249 e. The van der Waals surface area contributed by atoms with Gasteiger partial charge in [-0.1, -0.05) is 13.8 Å². The fourth-order valence-electron chi connectivity index (χ4n) is 1.98. The Balaban J connectivity index is 2.25. The van der Waals surface area contributed by atoms with E-state index < -0.39 is 0 Å². The molecule has 1 rings (SSSR count). The van der Waals surface area contributed by atoms with E-state index in [0.717, 1.165) is 32.6 Å². The van der Waals surface area contributed by atoms with Crippen LogP contribution in [0.2, 0.25) is 0 Å². The molecule has 0 saturated carbocycles. The minimum absolute atomic E-state index is 0.339. The van der Waals surface area contributed by atoms with Crippen LogP contribution in [-0.4, -0.2) is 31.1 Å². The van der Waals surface area contributed by atoms with E-state index in [2.05, 4.69) is 24.1 Å². The number of nitrogens with zero attached hydrogens (tertiary/aromatic N) is 1. The first-order valence-electron chi connectivity index (χ1n) is 6.37. The molecule has 0 aliphatic carbocycles. The molecule has 0 spiro atoms. The molecule has 1 aromatic carbocycles. The molecule has 4 heteroatoms. The van der Waals surface area contributed by atoms with E-state index in [0.29, 0.717) is 11.3 Å². The quantitative estimate of drug-likeness (QED) is 0.545. The van der Waals surface area contributed by atoms with Crippen molar-refractivity contribution in [3.05, 3.63) is 26.0 Å². The van der Waals surface area contributed by atoms with Crippen LogP contribution in [-0.2, 0) is 0 Å². The predicted molar refractivity (Wildman–Crippen MR) is 71.6 cm³/mol. The summed E-state index contributed by atoms with van der Waals surface area (Å²) in [6.07, 6.45) is 2.16. The molecule has 0 unspecified atom stereocenters. The average molecular weight is 238 g/mol. The monoisotopic (exact) mass is 238 g/mol. The summed E-state index contributed by atoms with van der Waals surface area (Å²) in [6, 6.07) is 0. The zero-order chi connectivity index (χ0) is 12.8. The maximum atomic E-state index is 11.2. The van der Waals surface area contributed by atoms with Gasteiger partial charge < -0.3 is 10.2 Å². The first kappa shape index (κ1) is 13.9. The molecule has 4 nitrogen and oxygen atoms in total. The topological polar surface area (TPSA) is 49.4 Å². The number of rotatable bonds is 8. The molecular formula is C13H22N2O2. The van der Waals surface area contributed by atoms with Crippen LogP contribution in [0.25, 0.3) is 0 Å². The lowest BCUT2D eigenvalue weighted by molar-refractivity contribution is 0.288. The number of nitrogens with one attached hydrogen (secondary N) is 1. The first-order chi connectivity index (χ1) is 8.11. The molecule has 0 radical (unpaired) electrons. The van der Waals surface area contributed by atoms with E-state index >= 15 is 0 Å². The fourth-order valence-corrected chi connectivity index (χ4v) is 1.98. The van der Waals surface area contributed by atoms with E-state index in [1.165, 1.54) is 6.42 Å². The highest BCUT2D eigenvalue weighted by Gasteiger charge is 2.15.